The molecule has 1 aromatic carbocycles. The summed E-state index contributed by atoms with van der Waals surface area (Å²) in [6, 6.07) is 14.2. The van der Waals surface area contributed by atoms with Gasteiger partial charge in [0, 0.05) is 18.3 Å². The molecule has 0 atom stereocenters. The normalized spacial score (nSPS) is 10.8. The summed E-state index contributed by atoms with van der Waals surface area (Å²) in [5, 5.41) is 7.71. The van der Waals surface area contributed by atoms with Crippen LogP contribution in [-0.2, 0) is 13.1 Å². The summed E-state index contributed by atoms with van der Waals surface area (Å²) in [5.41, 5.74) is 2.35. The molecule has 3 rings (SSSR count). The van der Waals surface area contributed by atoms with Crippen LogP contribution in [-0.4, -0.2) is 16.3 Å². The molecule has 4 nitrogen and oxygen atoms in total. The van der Waals surface area contributed by atoms with E-state index in [-0.39, 0.29) is 0 Å². The first-order valence-corrected chi connectivity index (χ1v) is 6.73. The molecule has 0 spiro atoms. The van der Waals surface area contributed by atoms with Crippen molar-refractivity contribution in [3.05, 3.63) is 66.9 Å². The van der Waals surface area contributed by atoms with Gasteiger partial charge in [0.1, 0.15) is 5.76 Å². The second kappa shape index (κ2) is 6.21. The van der Waals surface area contributed by atoms with Crippen molar-refractivity contribution in [2.24, 2.45) is 0 Å². The Hall–Kier alpha value is -2.33. The molecule has 0 fully saturated rings. The minimum Gasteiger partial charge on any atom is -0.468 e. The van der Waals surface area contributed by atoms with Crippen LogP contribution in [0.5, 0.6) is 0 Å². The molecule has 2 aromatic heterocycles. The van der Waals surface area contributed by atoms with Crippen molar-refractivity contribution in [1.82, 2.24) is 15.1 Å². The second-order valence-electron chi connectivity index (χ2n) is 4.61. The Labute approximate surface area is 118 Å². The second-order valence-corrected chi connectivity index (χ2v) is 4.61. The minimum atomic E-state index is 0.750. The van der Waals surface area contributed by atoms with Crippen molar-refractivity contribution in [1.29, 1.82) is 0 Å². The quantitative estimate of drug-likeness (QED) is 0.698. The molecule has 0 aliphatic heterocycles. The molecule has 0 radical (unpaired) electrons. The van der Waals surface area contributed by atoms with Crippen molar-refractivity contribution in [3.8, 4) is 11.1 Å². The first-order chi connectivity index (χ1) is 9.92. The van der Waals surface area contributed by atoms with Gasteiger partial charge >= 0.3 is 0 Å². The third-order valence-electron chi connectivity index (χ3n) is 3.14. The molecule has 0 bridgehead atoms. The maximum Gasteiger partial charge on any atom is 0.117 e. The summed E-state index contributed by atoms with van der Waals surface area (Å²) >= 11 is 0. The maximum atomic E-state index is 5.26. The van der Waals surface area contributed by atoms with Gasteiger partial charge in [0.15, 0.2) is 0 Å². The molecule has 3 aromatic rings. The predicted octanol–water partition coefficient (Wildman–Crippen LogP) is 2.93. The smallest absolute Gasteiger partial charge is 0.117 e. The summed E-state index contributed by atoms with van der Waals surface area (Å²) in [7, 11) is 0. The van der Waals surface area contributed by atoms with Gasteiger partial charge in [-0.3, -0.25) is 4.68 Å². The number of benzene rings is 1. The van der Waals surface area contributed by atoms with Gasteiger partial charge in [-0.1, -0.05) is 30.3 Å². The summed E-state index contributed by atoms with van der Waals surface area (Å²) in [6.07, 6.45) is 5.67. The number of nitrogens with one attached hydrogen (secondary N) is 1. The predicted molar refractivity (Wildman–Crippen MR) is 78.1 cm³/mol. The van der Waals surface area contributed by atoms with E-state index < -0.39 is 0 Å². The van der Waals surface area contributed by atoms with Gasteiger partial charge < -0.3 is 9.73 Å². The van der Waals surface area contributed by atoms with E-state index in [4.69, 9.17) is 4.42 Å². The van der Waals surface area contributed by atoms with Crippen LogP contribution < -0.4 is 5.32 Å². The van der Waals surface area contributed by atoms with Crippen LogP contribution in [0.25, 0.3) is 11.1 Å². The molecule has 20 heavy (non-hydrogen) atoms. The molecule has 0 saturated carbocycles. The zero-order valence-electron chi connectivity index (χ0n) is 11.2. The van der Waals surface area contributed by atoms with Crippen molar-refractivity contribution in [2.45, 2.75) is 13.1 Å². The molecule has 0 unspecified atom stereocenters. The lowest BCUT2D eigenvalue weighted by molar-refractivity contribution is 0.470. The van der Waals surface area contributed by atoms with Crippen molar-refractivity contribution in [3.63, 3.8) is 0 Å². The van der Waals surface area contributed by atoms with Crippen LogP contribution in [0, 0.1) is 0 Å². The van der Waals surface area contributed by atoms with Crippen molar-refractivity contribution >= 4 is 0 Å². The van der Waals surface area contributed by atoms with Crippen LogP contribution in [0.4, 0.5) is 0 Å². The van der Waals surface area contributed by atoms with Crippen LogP contribution in [0.1, 0.15) is 5.76 Å². The largest absolute Gasteiger partial charge is 0.468 e. The van der Waals surface area contributed by atoms with E-state index in [1.807, 2.05) is 41.2 Å². The lowest BCUT2D eigenvalue weighted by Gasteiger charge is -2.03. The molecule has 0 aliphatic carbocycles. The van der Waals surface area contributed by atoms with E-state index in [2.05, 4.69) is 28.7 Å². The van der Waals surface area contributed by atoms with Crippen molar-refractivity contribution < 1.29 is 4.42 Å². The Morgan fingerprint density at radius 2 is 1.95 bits per heavy atom. The first kappa shape index (κ1) is 12.7. The van der Waals surface area contributed by atoms with Gasteiger partial charge in [0.05, 0.1) is 25.5 Å². The van der Waals surface area contributed by atoms with E-state index >= 15 is 0 Å². The van der Waals surface area contributed by atoms with Gasteiger partial charge in [-0.15, -0.1) is 0 Å². The van der Waals surface area contributed by atoms with Gasteiger partial charge in [-0.05, 0) is 17.7 Å². The fourth-order valence-corrected chi connectivity index (χ4v) is 2.08. The molecule has 102 valence electrons. The highest BCUT2D eigenvalue weighted by molar-refractivity contribution is 5.61. The summed E-state index contributed by atoms with van der Waals surface area (Å²) < 4.78 is 7.22. The maximum absolute atomic E-state index is 5.26. The van der Waals surface area contributed by atoms with E-state index in [1.165, 1.54) is 5.56 Å². The Morgan fingerprint density at radius 1 is 1.05 bits per heavy atom. The SMILES string of the molecule is c1ccc(-c2cnn(CCNCc3ccco3)c2)cc1. The monoisotopic (exact) mass is 267 g/mol. The lowest BCUT2D eigenvalue weighted by Crippen LogP contribution is -2.19. The molecule has 0 aliphatic rings. The first-order valence-electron chi connectivity index (χ1n) is 6.73. The zero-order valence-corrected chi connectivity index (χ0v) is 11.2. The molecule has 4 heteroatoms. The highest BCUT2D eigenvalue weighted by atomic mass is 16.3. The molecular formula is C16H17N3O. The molecule has 0 amide bonds. The van der Waals surface area contributed by atoms with Crippen LogP contribution in [0.3, 0.4) is 0 Å². The highest BCUT2D eigenvalue weighted by Crippen LogP contribution is 2.17. The van der Waals surface area contributed by atoms with E-state index in [0.29, 0.717) is 0 Å². The summed E-state index contributed by atoms with van der Waals surface area (Å²) in [5.74, 6) is 0.954. The summed E-state index contributed by atoms with van der Waals surface area (Å²) in [4.78, 5) is 0. The molecule has 0 saturated heterocycles. The zero-order chi connectivity index (χ0) is 13.6. The Bertz CT molecular complexity index is 629. The number of rotatable bonds is 6. The highest BCUT2D eigenvalue weighted by Gasteiger charge is 2.01. The third kappa shape index (κ3) is 3.16. The average molecular weight is 267 g/mol. The van der Waals surface area contributed by atoms with Gasteiger partial charge in [0.25, 0.3) is 0 Å². The Kier molecular flexibility index (Phi) is 3.94. The number of aromatic nitrogens is 2. The Balaban J connectivity index is 1.50. The standard InChI is InChI=1S/C16H17N3O/c1-2-5-14(6-3-1)15-11-18-19(13-15)9-8-17-12-16-7-4-10-20-16/h1-7,10-11,13,17H,8-9,12H2. The van der Waals surface area contributed by atoms with Gasteiger partial charge in [-0.25, -0.2) is 0 Å². The topological polar surface area (TPSA) is 43.0 Å². The number of hydrogen-bond donors (Lipinski definition) is 1. The van der Waals surface area contributed by atoms with E-state index in [0.717, 1.165) is 31.0 Å². The molecule has 1 N–H and O–H groups in total. The summed E-state index contributed by atoms with van der Waals surface area (Å²) in [6.45, 7) is 2.45. The minimum absolute atomic E-state index is 0.750. The fraction of sp³-hybridized carbons (Fsp3) is 0.188. The van der Waals surface area contributed by atoms with Crippen LogP contribution >= 0.6 is 0 Å². The van der Waals surface area contributed by atoms with E-state index in [1.54, 1.807) is 6.26 Å². The average Bonchev–Trinajstić information content (AvgIpc) is 3.16. The number of hydrogen-bond acceptors (Lipinski definition) is 3. The van der Waals surface area contributed by atoms with Gasteiger partial charge in [-0.2, -0.15) is 5.10 Å². The molecule has 2 heterocycles. The number of nitrogens with zero attached hydrogens (tertiary/aromatic N) is 2. The van der Waals surface area contributed by atoms with Crippen LogP contribution in [0.15, 0.2) is 65.5 Å². The van der Waals surface area contributed by atoms with Crippen LogP contribution in [0.2, 0.25) is 0 Å². The van der Waals surface area contributed by atoms with Gasteiger partial charge in [0.2, 0.25) is 0 Å². The Morgan fingerprint density at radius 3 is 2.75 bits per heavy atom. The lowest BCUT2D eigenvalue weighted by atomic mass is 10.1. The fourth-order valence-electron chi connectivity index (χ4n) is 2.08. The molecular weight excluding hydrogens is 250 g/mol. The number of furan rings is 1. The van der Waals surface area contributed by atoms with Crippen molar-refractivity contribution in [2.75, 3.05) is 6.54 Å². The third-order valence-corrected chi connectivity index (χ3v) is 3.14. The van der Waals surface area contributed by atoms with E-state index in [9.17, 15) is 0 Å².